The summed E-state index contributed by atoms with van der Waals surface area (Å²) in [6.07, 6.45) is -1.60. The first-order chi connectivity index (χ1) is 20.1. The van der Waals surface area contributed by atoms with Gasteiger partial charge in [-0.25, -0.2) is 9.79 Å². The van der Waals surface area contributed by atoms with E-state index in [2.05, 4.69) is 25.3 Å². The Kier molecular flexibility index (Phi) is 8.61. The Bertz CT molecular complexity index is 1760. The Morgan fingerprint density at radius 2 is 1.98 bits per heavy atom. The molecular weight excluding hydrogens is 613 g/mol. The van der Waals surface area contributed by atoms with Gasteiger partial charge in [0.2, 0.25) is 0 Å². The molecule has 0 unspecified atom stereocenters. The van der Waals surface area contributed by atoms with Gasteiger partial charge in [0.05, 0.1) is 21.0 Å². The number of aromatic nitrogens is 1. The molecule has 14 heteroatoms. The SMILES string of the molecule is O=C1NC(=Nc2c(Cl)ccc(C(=O)NCCc3cccs3)c2OC(=O)C(F)(F)F)S/C1=C\c1ccc2ncccc2c1. The second-order valence-corrected chi connectivity index (χ2v) is 11.2. The molecule has 8 nitrogen and oxygen atoms in total. The van der Waals surface area contributed by atoms with Crippen molar-refractivity contribution in [2.45, 2.75) is 12.6 Å². The number of fused-ring (bicyclic) bond motifs is 1. The van der Waals surface area contributed by atoms with E-state index in [0.717, 1.165) is 33.6 Å². The molecule has 2 amide bonds. The lowest BCUT2D eigenvalue weighted by molar-refractivity contribution is -0.189. The Hall–Kier alpha value is -4.20. The van der Waals surface area contributed by atoms with Crippen LogP contribution >= 0.6 is 34.7 Å². The molecule has 0 atom stereocenters. The van der Waals surface area contributed by atoms with Crippen LogP contribution < -0.4 is 15.4 Å². The molecule has 1 fully saturated rings. The van der Waals surface area contributed by atoms with Gasteiger partial charge < -0.3 is 15.4 Å². The van der Waals surface area contributed by atoms with Crippen molar-refractivity contribution in [2.24, 2.45) is 4.99 Å². The lowest BCUT2D eigenvalue weighted by atomic mass is 10.1. The molecule has 0 aliphatic carbocycles. The molecule has 3 heterocycles. The number of hydrogen-bond donors (Lipinski definition) is 2. The molecule has 0 spiro atoms. The summed E-state index contributed by atoms with van der Waals surface area (Å²) in [4.78, 5) is 47.2. The standard InChI is InChI=1S/C28H18ClF3N4O4S2/c29-19-7-6-18(24(37)34-11-9-17-4-2-12-41-17)23(40-26(39)28(30,31)32)22(19)35-27-36-25(38)21(42-27)14-15-5-8-20-16(13-15)3-1-10-33-20/h1-8,10,12-14H,9,11H2,(H,34,37)(H,35,36,38)/b21-14-. The molecule has 0 saturated carbocycles. The number of pyridine rings is 1. The summed E-state index contributed by atoms with van der Waals surface area (Å²) in [7, 11) is 0. The number of esters is 1. The van der Waals surface area contributed by atoms with Crippen molar-refractivity contribution < 1.29 is 32.3 Å². The van der Waals surface area contributed by atoms with Gasteiger partial charge in [0.15, 0.2) is 10.9 Å². The number of halogens is 4. The number of thiophene rings is 1. The van der Waals surface area contributed by atoms with Crippen molar-refractivity contribution in [3.63, 3.8) is 0 Å². The number of ether oxygens (including phenoxy) is 1. The average Bonchev–Trinajstić information content (AvgIpc) is 3.59. The first-order valence-corrected chi connectivity index (χ1v) is 14.2. The third-order valence-electron chi connectivity index (χ3n) is 5.78. The van der Waals surface area contributed by atoms with Gasteiger partial charge in [-0.15, -0.1) is 11.3 Å². The van der Waals surface area contributed by atoms with Crippen molar-refractivity contribution in [1.29, 1.82) is 0 Å². The second-order valence-electron chi connectivity index (χ2n) is 8.68. The van der Waals surface area contributed by atoms with Crippen LogP contribution in [0.15, 0.2) is 76.1 Å². The normalized spacial score (nSPS) is 15.3. The molecule has 2 aromatic carbocycles. The van der Waals surface area contributed by atoms with Crippen LogP contribution in [0.4, 0.5) is 18.9 Å². The molecule has 5 rings (SSSR count). The van der Waals surface area contributed by atoms with Gasteiger partial charge in [-0.2, -0.15) is 13.2 Å². The van der Waals surface area contributed by atoms with Gasteiger partial charge in [0.1, 0.15) is 5.69 Å². The van der Waals surface area contributed by atoms with Crippen LogP contribution in [0.25, 0.3) is 17.0 Å². The number of aliphatic imine (C=N–C) groups is 1. The highest BCUT2D eigenvalue weighted by molar-refractivity contribution is 8.18. The predicted octanol–water partition coefficient (Wildman–Crippen LogP) is 6.28. The number of alkyl halides is 3. The van der Waals surface area contributed by atoms with Gasteiger partial charge >= 0.3 is 12.1 Å². The maximum absolute atomic E-state index is 13.2. The number of carbonyl (C=O) groups is 3. The predicted molar refractivity (Wildman–Crippen MR) is 156 cm³/mol. The van der Waals surface area contributed by atoms with Crippen LogP contribution in [0.5, 0.6) is 5.75 Å². The highest BCUT2D eigenvalue weighted by atomic mass is 35.5. The molecule has 1 aliphatic rings. The van der Waals surface area contributed by atoms with Crippen molar-refractivity contribution in [2.75, 3.05) is 6.54 Å². The fraction of sp³-hybridized carbons (Fsp3) is 0.107. The molecule has 2 N–H and O–H groups in total. The maximum Gasteiger partial charge on any atom is 0.491 e. The Balaban J connectivity index is 1.45. The topological polar surface area (TPSA) is 110 Å². The van der Waals surface area contributed by atoms with Crippen molar-refractivity contribution >= 4 is 80.3 Å². The Morgan fingerprint density at radius 3 is 2.74 bits per heavy atom. The van der Waals surface area contributed by atoms with E-state index < -0.39 is 41.0 Å². The number of amidine groups is 1. The number of carbonyl (C=O) groups excluding carboxylic acids is 3. The third kappa shape index (κ3) is 6.81. The summed E-state index contributed by atoms with van der Waals surface area (Å²) in [6.45, 7) is 0.170. The fourth-order valence-corrected chi connectivity index (χ4v) is 5.58. The van der Waals surface area contributed by atoms with Gasteiger partial charge in [0.25, 0.3) is 11.8 Å². The molecule has 42 heavy (non-hydrogen) atoms. The molecule has 4 aromatic rings. The number of rotatable bonds is 7. The number of thioether (sulfide) groups is 1. The van der Waals surface area contributed by atoms with Gasteiger partial charge in [-0.05, 0) is 71.6 Å². The monoisotopic (exact) mass is 630 g/mol. The summed E-state index contributed by atoms with van der Waals surface area (Å²) in [5.41, 5.74) is 0.656. The number of nitrogens with one attached hydrogen (secondary N) is 2. The molecule has 214 valence electrons. The summed E-state index contributed by atoms with van der Waals surface area (Å²) in [5.74, 6) is -4.67. The third-order valence-corrected chi connectivity index (χ3v) is 7.93. The highest BCUT2D eigenvalue weighted by Gasteiger charge is 2.42. The summed E-state index contributed by atoms with van der Waals surface area (Å²) in [5, 5.41) is 7.59. The Morgan fingerprint density at radius 1 is 1.14 bits per heavy atom. The van der Waals surface area contributed by atoms with E-state index in [1.165, 1.54) is 17.4 Å². The lowest BCUT2D eigenvalue weighted by Gasteiger charge is -2.15. The minimum atomic E-state index is -5.36. The first kappa shape index (κ1) is 29.3. The molecule has 1 saturated heterocycles. The van der Waals surface area contributed by atoms with E-state index in [1.807, 2.05) is 29.6 Å². The van der Waals surface area contributed by atoms with Crippen molar-refractivity contribution in [1.82, 2.24) is 15.6 Å². The maximum atomic E-state index is 13.2. The Labute approximate surface area is 249 Å². The lowest BCUT2D eigenvalue weighted by Crippen LogP contribution is -2.30. The van der Waals surface area contributed by atoms with E-state index in [9.17, 15) is 27.6 Å². The van der Waals surface area contributed by atoms with Crippen molar-refractivity contribution in [3.8, 4) is 5.75 Å². The highest BCUT2D eigenvalue weighted by Crippen LogP contribution is 2.41. The van der Waals surface area contributed by atoms with E-state index in [0.29, 0.717) is 12.0 Å². The zero-order chi connectivity index (χ0) is 29.9. The molecule has 2 aromatic heterocycles. The summed E-state index contributed by atoms with van der Waals surface area (Å²) >= 11 is 8.64. The van der Waals surface area contributed by atoms with E-state index in [4.69, 9.17) is 11.6 Å². The van der Waals surface area contributed by atoms with Crippen LogP contribution in [0, 0.1) is 0 Å². The van der Waals surface area contributed by atoms with E-state index in [-0.39, 0.29) is 21.6 Å². The number of amides is 2. The summed E-state index contributed by atoms with van der Waals surface area (Å²) < 4.78 is 44.1. The number of nitrogens with zero attached hydrogens (tertiary/aromatic N) is 2. The van der Waals surface area contributed by atoms with E-state index in [1.54, 1.807) is 30.5 Å². The summed E-state index contributed by atoms with van der Waals surface area (Å²) in [6, 6.07) is 15.2. The quantitative estimate of drug-likeness (QED) is 0.141. The zero-order valence-corrected chi connectivity index (χ0v) is 23.6. The van der Waals surface area contributed by atoms with Gasteiger partial charge in [-0.3, -0.25) is 14.6 Å². The average molecular weight is 631 g/mol. The van der Waals surface area contributed by atoms with Crippen molar-refractivity contribution in [3.05, 3.63) is 92.1 Å². The zero-order valence-electron chi connectivity index (χ0n) is 21.2. The van der Waals surface area contributed by atoms with Gasteiger partial charge in [-0.1, -0.05) is 29.8 Å². The minimum Gasteiger partial charge on any atom is -0.417 e. The molecular formula is C28H18ClF3N4O4S2. The largest absolute Gasteiger partial charge is 0.491 e. The van der Waals surface area contributed by atoms with Crippen LogP contribution in [0.3, 0.4) is 0 Å². The van der Waals surface area contributed by atoms with E-state index >= 15 is 0 Å². The van der Waals surface area contributed by atoms with Crippen LogP contribution in [-0.4, -0.2) is 40.7 Å². The van der Waals surface area contributed by atoms with Crippen LogP contribution in [0.2, 0.25) is 5.02 Å². The number of benzene rings is 2. The fourth-order valence-electron chi connectivity index (χ4n) is 3.85. The number of hydrogen-bond acceptors (Lipinski definition) is 8. The molecule has 0 bridgehead atoms. The smallest absolute Gasteiger partial charge is 0.417 e. The first-order valence-electron chi connectivity index (χ1n) is 12.1. The molecule has 1 aliphatic heterocycles. The van der Waals surface area contributed by atoms with Crippen LogP contribution in [0.1, 0.15) is 20.8 Å². The minimum absolute atomic E-state index is 0.0461. The van der Waals surface area contributed by atoms with Crippen LogP contribution in [-0.2, 0) is 16.0 Å². The second kappa shape index (κ2) is 12.3. The van der Waals surface area contributed by atoms with Gasteiger partial charge in [0, 0.05) is 23.0 Å². The molecule has 0 radical (unpaired) electrons.